The molecule has 0 bridgehead atoms. The highest BCUT2D eigenvalue weighted by atomic mass is 79.9. The van der Waals surface area contributed by atoms with Crippen LogP contribution in [0.15, 0.2) is 10.5 Å². The third-order valence-corrected chi connectivity index (χ3v) is 3.61. The van der Waals surface area contributed by atoms with Gasteiger partial charge in [-0.2, -0.15) is 0 Å². The number of benzene rings is 1. The summed E-state index contributed by atoms with van der Waals surface area (Å²) in [7, 11) is 1.70. The second-order valence-corrected chi connectivity index (χ2v) is 4.14. The Morgan fingerprint density at radius 2 is 2.07 bits per heavy atom. The topological polar surface area (TPSA) is 35.2 Å². The van der Waals surface area contributed by atoms with Gasteiger partial charge in [0.25, 0.3) is 0 Å². The lowest BCUT2D eigenvalue weighted by molar-refractivity contribution is 0.409. The van der Waals surface area contributed by atoms with Crippen molar-refractivity contribution in [3.63, 3.8) is 0 Å². The molecule has 0 radical (unpaired) electrons. The summed E-state index contributed by atoms with van der Waals surface area (Å²) < 4.78 is 6.49. The molecule has 0 saturated carbocycles. The molecule has 0 atom stereocenters. The van der Waals surface area contributed by atoms with Crippen LogP contribution in [0.3, 0.4) is 0 Å². The van der Waals surface area contributed by atoms with Gasteiger partial charge < -0.3 is 10.5 Å². The molecule has 78 valence electrons. The van der Waals surface area contributed by atoms with E-state index in [1.165, 1.54) is 16.7 Å². The third-order valence-electron chi connectivity index (χ3n) is 2.39. The molecule has 0 aliphatic rings. The number of hydrogen-bond acceptors (Lipinski definition) is 2. The molecule has 0 unspecified atom stereocenters. The van der Waals surface area contributed by atoms with Crippen molar-refractivity contribution in [2.24, 2.45) is 5.73 Å². The third kappa shape index (κ3) is 2.10. The minimum absolute atomic E-state index is 0.646. The number of halogens is 1. The van der Waals surface area contributed by atoms with Crippen LogP contribution in [0.25, 0.3) is 0 Å². The molecule has 2 N–H and O–H groups in total. The molecule has 0 amide bonds. The van der Waals surface area contributed by atoms with Crippen LogP contribution in [0.5, 0.6) is 5.75 Å². The van der Waals surface area contributed by atoms with Crippen molar-refractivity contribution in [1.82, 2.24) is 0 Å². The lowest BCUT2D eigenvalue weighted by Crippen LogP contribution is -2.06. The smallest absolute Gasteiger partial charge is 0.122 e. The van der Waals surface area contributed by atoms with E-state index in [0.717, 1.165) is 16.6 Å². The molecular formula is C11H16BrNO. The second-order valence-electron chi connectivity index (χ2n) is 3.35. The molecule has 0 saturated heterocycles. The predicted octanol–water partition coefficient (Wildman–Crippen LogP) is 2.58. The number of ether oxygens (including phenoxy) is 1. The highest BCUT2D eigenvalue weighted by Gasteiger charge is 2.11. The summed E-state index contributed by atoms with van der Waals surface area (Å²) in [4.78, 5) is 0. The molecule has 2 nitrogen and oxygen atoms in total. The quantitative estimate of drug-likeness (QED) is 0.904. The molecule has 1 rings (SSSR count). The van der Waals surface area contributed by atoms with Gasteiger partial charge in [0.05, 0.1) is 7.11 Å². The highest BCUT2D eigenvalue weighted by molar-refractivity contribution is 9.10. The molecule has 0 spiro atoms. The van der Waals surface area contributed by atoms with Crippen LogP contribution in [0, 0.1) is 13.8 Å². The van der Waals surface area contributed by atoms with Crippen molar-refractivity contribution in [3.05, 3.63) is 27.2 Å². The summed E-state index contributed by atoms with van der Waals surface area (Å²) in [5.74, 6) is 0.939. The average molecular weight is 258 g/mol. The summed E-state index contributed by atoms with van der Waals surface area (Å²) >= 11 is 3.57. The maximum Gasteiger partial charge on any atom is 0.122 e. The van der Waals surface area contributed by atoms with E-state index in [2.05, 4.69) is 29.8 Å². The fraction of sp³-hybridized carbons (Fsp3) is 0.455. The molecule has 3 heteroatoms. The van der Waals surface area contributed by atoms with Crippen LogP contribution in [0.2, 0.25) is 0 Å². The first kappa shape index (κ1) is 11.5. The van der Waals surface area contributed by atoms with Gasteiger partial charge in [-0.05, 0) is 49.6 Å². The Morgan fingerprint density at radius 1 is 1.43 bits per heavy atom. The van der Waals surface area contributed by atoms with Crippen LogP contribution in [-0.4, -0.2) is 13.7 Å². The number of rotatable bonds is 3. The molecule has 0 aromatic heterocycles. The Bertz CT molecular complexity index is 337. The van der Waals surface area contributed by atoms with Gasteiger partial charge >= 0.3 is 0 Å². The number of nitrogens with two attached hydrogens (primary N) is 1. The van der Waals surface area contributed by atoms with Gasteiger partial charge in [0.1, 0.15) is 5.75 Å². The summed E-state index contributed by atoms with van der Waals surface area (Å²) in [5.41, 5.74) is 9.20. The zero-order chi connectivity index (χ0) is 10.7. The summed E-state index contributed by atoms with van der Waals surface area (Å²) in [6.45, 7) is 4.79. The van der Waals surface area contributed by atoms with Gasteiger partial charge in [-0.3, -0.25) is 0 Å². The lowest BCUT2D eigenvalue weighted by atomic mass is 10.0. The molecule has 0 heterocycles. The first-order valence-electron chi connectivity index (χ1n) is 4.64. The van der Waals surface area contributed by atoms with Crippen molar-refractivity contribution in [1.29, 1.82) is 0 Å². The molecule has 14 heavy (non-hydrogen) atoms. The Labute approximate surface area is 93.6 Å². The van der Waals surface area contributed by atoms with Crippen molar-refractivity contribution in [2.75, 3.05) is 13.7 Å². The number of aryl methyl sites for hydroxylation is 1. The van der Waals surface area contributed by atoms with Gasteiger partial charge in [0, 0.05) is 4.47 Å². The fourth-order valence-electron chi connectivity index (χ4n) is 1.60. The van der Waals surface area contributed by atoms with Crippen molar-refractivity contribution < 1.29 is 4.74 Å². The minimum atomic E-state index is 0.646. The number of methoxy groups -OCH3 is 1. The Kier molecular flexibility index (Phi) is 3.96. The Balaban J connectivity index is 3.29. The lowest BCUT2D eigenvalue weighted by Gasteiger charge is -2.14. The monoisotopic (exact) mass is 257 g/mol. The minimum Gasteiger partial charge on any atom is -0.496 e. The predicted molar refractivity (Wildman–Crippen MR) is 62.9 cm³/mol. The van der Waals surface area contributed by atoms with Crippen molar-refractivity contribution >= 4 is 15.9 Å². The van der Waals surface area contributed by atoms with Gasteiger partial charge in [0.2, 0.25) is 0 Å². The van der Waals surface area contributed by atoms with E-state index in [1.807, 2.05) is 6.07 Å². The molecule has 0 aliphatic carbocycles. The van der Waals surface area contributed by atoms with E-state index >= 15 is 0 Å². The average Bonchev–Trinajstić information content (AvgIpc) is 2.19. The van der Waals surface area contributed by atoms with E-state index in [1.54, 1.807) is 7.11 Å². The largest absolute Gasteiger partial charge is 0.496 e. The van der Waals surface area contributed by atoms with Gasteiger partial charge in [-0.25, -0.2) is 0 Å². The van der Waals surface area contributed by atoms with Gasteiger partial charge in [-0.1, -0.05) is 15.9 Å². The molecule has 1 aromatic carbocycles. The summed E-state index contributed by atoms with van der Waals surface area (Å²) in [6.07, 6.45) is 0.855. The molecule has 0 fully saturated rings. The zero-order valence-electron chi connectivity index (χ0n) is 8.86. The van der Waals surface area contributed by atoms with E-state index in [-0.39, 0.29) is 0 Å². The Hall–Kier alpha value is -0.540. The second kappa shape index (κ2) is 4.80. The Morgan fingerprint density at radius 3 is 2.57 bits per heavy atom. The van der Waals surface area contributed by atoms with Crippen LogP contribution >= 0.6 is 15.9 Å². The van der Waals surface area contributed by atoms with Gasteiger partial charge in [-0.15, -0.1) is 0 Å². The first-order chi connectivity index (χ1) is 6.61. The molecular weight excluding hydrogens is 242 g/mol. The van der Waals surface area contributed by atoms with Crippen LogP contribution in [-0.2, 0) is 6.42 Å². The molecule has 1 aromatic rings. The summed E-state index contributed by atoms with van der Waals surface area (Å²) in [5, 5.41) is 0. The van der Waals surface area contributed by atoms with E-state index < -0.39 is 0 Å². The first-order valence-corrected chi connectivity index (χ1v) is 5.43. The molecule has 0 aliphatic heterocycles. The van der Waals surface area contributed by atoms with Crippen molar-refractivity contribution in [3.8, 4) is 5.75 Å². The summed E-state index contributed by atoms with van der Waals surface area (Å²) in [6, 6.07) is 2.04. The maximum atomic E-state index is 5.57. The highest BCUT2D eigenvalue weighted by Crippen LogP contribution is 2.31. The standard InChI is InChI=1S/C11H16BrNO/c1-7-6-10(14-3)9(4-5-13)8(2)11(7)12/h6H,4-5,13H2,1-3H3. The van der Waals surface area contributed by atoms with E-state index in [0.29, 0.717) is 6.54 Å². The van der Waals surface area contributed by atoms with Crippen LogP contribution in [0.1, 0.15) is 16.7 Å². The number of hydrogen-bond donors (Lipinski definition) is 1. The van der Waals surface area contributed by atoms with Gasteiger partial charge in [0.15, 0.2) is 0 Å². The van der Waals surface area contributed by atoms with Crippen LogP contribution in [0.4, 0.5) is 0 Å². The van der Waals surface area contributed by atoms with E-state index in [9.17, 15) is 0 Å². The zero-order valence-corrected chi connectivity index (χ0v) is 10.4. The van der Waals surface area contributed by atoms with E-state index in [4.69, 9.17) is 10.5 Å². The maximum absolute atomic E-state index is 5.57. The SMILES string of the molecule is COc1cc(C)c(Br)c(C)c1CCN. The fourth-order valence-corrected chi connectivity index (χ4v) is 1.95. The normalized spacial score (nSPS) is 10.4. The van der Waals surface area contributed by atoms with Crippen LogP contribution < -0.4 is 10.5 Å². The van der Waals surface area contributed by atoms with Crippen molar-refractivity contribution in [2.45, 2.75) is 20.3 Å².